The van der Waals surface area contributed by atoms with Gasteiger partial charge in [0.15, 0.2) is 0 Å². The van der Waals surface area contributed by atoms with Crippen LogP contribution >= 0.6 is 0 Å². The molecule has 1 N–H and O–H groups in total. The molecule has 0 heterocycles. The first-order valence-corrected chi connectivity index (χ1v) is 8.21. The van der Waals surface area contributed by atoms with Crippen LogP contribution in [0.5, 0.6) is 0 Å². The molecule has 0 aliphatic heterocycles. The van der Waals surface area contributed by atoms with Crippen LogP contribution in [0.1, 0.15) is 38.6 Å². The standard InChI is InChI=1S/C20H19NO5/c1-25-19(23)13-8-9-14(20(24)26-2)17(10-13)21-18(22)16-11-15(16)12-6-4-3-5-7-12/h3-10,15-16H,11H2,1-2H3,(H,21,22)/t15-,16-/m1/s1. The summed E-state index contributed by atoms with van der Waals surface area (Å²) in [5.41, 5.74) is 1.78. The third-order valence-corrected chi connectivity index (χ3v) is 4.46. The Kier molecular flexibility index (Phi) is 5.02. The molecule has 2 aromatic carbocycles. The maximum Gasteiger partial charge on any atom is 0.339 e. The van der Waals surface area contributed by atoms with E-state index in [2.05, 4.69) is 10.1 Å². The Balaban J connectivity index is 1.80. The van der Waals surface area contributed by atoms with E-state index in [1.807, 2.05) is 30.3 Å². The zero-order valence-electron chi connectivity index (χ0n) is 14.5. The molecule has 1 aliphatic carbocycles. The van der Waals surface area contributed by atoms with Gasteiger partial charge in [-0.1, -0.05) is 30.3 Å². The number of rotatable bonds is 5. The van der Waals surface area contributed by atoms with Gasteiger partial charge in [0.1, 0.15) is 0 Å². The van der Waals surface area contributed by atoms with E-state index in [-0.39, 0.29) is 34.6 Å². The van der Waals surface area contributed by atoms with Crippen molar-refractivity contribution in [1.29, 1.82) is 0 Å². The minimum Gasteiger partial charge on any atom is -0.465 e. The van der Waals surface area contributed by atoms with Crippen molar-refractivity contribution in [2.45, 2.75) is 12.3 Å². The highest BCUT2D eigenvalue weighted by atomic mass is 16.5. The van der Waals surface area contributed by atoms with Crippen LogP contribution < -0.4 is 5.32 Å². The van der Waals surface area contributed by atoms with E-state index in [0.29, 0.717) is 0 Å². The van der Waals surface area contributed by atoms with Crippen LogP contribution in [0.4, 0.5) is 5.69 Å². The van der Waals surface area contributed by atoms with Gasteiger partial charge in [0, 0.05) is 5.92 Å². The van der Waals surface area contributed by atoms with E-state index in [4.69, 9.17) is 4.74 Å². The molecule has 2 aromatic rings. The lowest BCUT2D eigenvalue weighted by Gasteiger charge is -2.11. The molecule has 26 heavy (non-hydrogen) atoms. The largest absolute Gasteiger partial charge is 0.465 e. The summed E-state index contributed by atoms with van der Waals surface area (Å²) in [5.74, 6) is -1.32. The first-order valence-electron chi connectivity index (χ1n) is 8.21. The van der Waals surface area contributed by atoms with Crippen LogP contribution in [-0.2, 0) is 14.3 Å². The molecule has 0 aromatic heterocycles. The van der Waals surface area contributed by atoms with Gasteiger partial charge < -0.3 is 14.8 Å². The molecule has 2 atom stereocenters. The first kappa shape index (κ1) is 17.7. The van der Waals surface area contributed by atoms with Gasteiger partial charge in [0.2, 0.25) is 5.91 Å². The Morgan fingerprint density at radius 1 is 0.962 bits per heavy atom. The summed E-state index contributed by atoms with van der Waals surface area (Å²) in [7, 11) is 2.53. The maximum atomic E-state index is 12.6. The van der Waals surface area contributed by atoms with Crippen LogP contribution in [0, 0.1) is 5.92 Å². The average Bonchev–Trinajstić information content (AvgIpc) is 3.48. The molecule has 0 radical (unpaired) electrons. The normalized spacial score (nSPS) is 17.9. The van der Waals surface area contributed by atoms with Gasteiger partial charge >= 0.3 is 11.9 Å². The van der Waals surface area contributed by atoms with Gasteiger partial charge in [0.25, 0.3) is 0 Å². The topological polar surface area (TPSA) is 81.7 Å². The number of methoxy groups -OCH3 is 2. The number of carbonyl (C=O) groups excluding carboxylic acids is 3. The Morgan fingerprint density at radius 3 is 2.31 bits per heavy atom. The van der Waals surface area contributed by atoms with E-state index < -0.39 is 11.9 Å². The molecule has 6 heteroatoms. The van der Waals surface area contributed by atoms with Gasteiger partial charge in [-0.25, -0.2) is 9.59 Å². The Hall–Kier alpha value is -3.15. The number of ether oxygens (including phenoxy) is 2. The van der Waals surface area contributed by atoms with Crippen LogP contribution in [0.25, 0.3) is 0 Å². The lowest BCUT2D eigenvalue weighted by Crippen LogP contribution is -2.18. The van der Waals surface area contributed by atoms with Crippen molar-refractivity contribution in [3.63, 3.8) is 0 Å². The molecule has 1 saturated carbocycles. The SMILES string of the molecule is COC(=O)c1ccc(C(=O)OC)c(NC(=O)[C@@H]2C[C@@H]2c2ccccc2)c1. The van der Waals surface area contributed by atoms with E-state index in [1.165, 1.54) is 32.4 Å². The van der Waals surface area contributed by atoms with Gasteiger partial charge in [-0.2, -0.15) is 0 Å². The quantitative estimate of drug-likeness (QED) is 0.836. The molecule has 6 nitrogen and oxygen atoms in total. The smallest absolute Gasteiger partial charge is 0.339 e. The first-order chi connectivity index (χ1) is 12.5. The lowest BCUT2D eigenvalue weighted by atomic mass is 10.1. The van der Waals surface area contributed by atoms with E-state index in [0.717, 1.165) is 12.0 Å². The van der Waals surface area contributed by atoms with Crippen molar-refractivity contribution in [2.24, 2.45) is 5.92 Å². The highest BCUT2D eigenvalue weighted by Crippen LogP contribution is 2.48. The Morgan fingerprint density at radius 2 is 1.65 bits per heavy atom. The van der Waals surface area contributed by atoms with Gasteiger partial charge in [-0.15, -0.1) is 0 Å². The van der Waals surface area contributed by atoms with Crippen LogP contribution in [0.3, 0.4) is 0 Å². The van der Waals surface area contributed by atoms with Crippen molar-refractivity contribution >= 4 is 23.5 Å². The molecule has 0 spiro atoms. The van der Waals surface area contributed by atoms with Crippen molar-refractivity contribution in [3.05, 3.63) is 65.2 Å². The van der Waals surface area contributed by atoms with Crippen LogP contribution in [0.15, 0.2) is 48.5 Å². The number of hydrogen-bond donors (Lipinski definition) is 1. The zero-order valence-corrected chi connectivity index (χ0v) is 14.5. The number of hydrogen-bond acceptors (Lipinski definition) is 5. The summed E-state index contributed by atoms with van der Waals surface area (Å²) in [6, 6.07) is 14.1. The molecular weight excluding hydrogens is 334 g/mol. The maximum absolute atomic E-state index is 12.6. The minimum absolute atomic E-state index is 0.162. The molecule has 134 valence electrons. The number of benzene rings is 2. The summed E-state index contributed by atoms with van der Waals surface area (Å²) in [6.45, 7) is 0. The lowest BCUT2D eigenvalue weighted by molar-refractivity contribution is -0.117. The zero-order chi connectivity index (χ0) is 18.7. The van der Waals surface area contributed by atoms with Gasteiger partial charge in [0.05, 0.1) is 31.0 Å². The van der Waals surface area contributed by atoms with E-state index in [1.54, 1.807) is 0 Å². The third-order valence-electron chi connectivity index (χ3n) is 4.46. The molecule has 1 aliphatic rings. The molecule has 0 bridgehead atoms. The number of esters is 2. The minimum atomic E-state index is -0.591. The third kappa shape index (κ3) is 3.59. The monoisotopic (exact) mass is 353 g/mol. The molecule has 3 rings (SSSR count). The predicted octanol–water partition coefficient (Wildman–Crippen LogP) is 3.00. The number of nitrogens with one attached hydrogen (secondary N) is 1. The van der Waals surface area contributed by atoms with Crippen molar-refractivity contribution in [2.75, 3.05) is 19.5 Å². The molecule has 1 amide bonds. The van der Waals surface area contributed by atoms with Crippen molar-refractivity contribution in [1.82, 2.24) is 0 Å². The number of anilines is 1. The summed E-state index contributed by atoms with van der Waals surface area (Å²) >= 11 is 0. The molecule has 0 unspecified atom stereocenters. The average molecular weight is 353 g/mol. The van der Waals surface area contributed by atoms with E-state index >= 15 is 0 Å². The second-order valence-electron chi connectivity index (χ2n) is 6.09. The van der Waals surface area contributed by atoms with Gasteiger partial charge in [-0.05, 0) is 36.1 Å². The second-order valence-corrected chi connectivity index (χ2v) is 6.09. The summed E-state index contributed by atoms with van der Waals surface area (Å²) in [6.07, 6.45) is 0.750. The Labute approximate surface area is 151 Å². The molecular formula is C20H19NO5. The molecule has 0 saturated heterocycles. The fraction of sp³-hybridized carbons (Fsp3) is 0.250. The van der Waals surface area contributed by atoms with Crippen molar-refractivity contribution < 1.29 is 23.9 Å². The predicted molar refractivity (Wildman–Crippen MR) is 95.0 cm³/mol. The van der Waals surface area contributed by atoms with E-state index in [9.17, 15) is 14.4 Å². The number of carbonyl (C=O) groups is 3. The Bertz CT molecular complexity index is 847. The van der Waals surface area contributed by atoms with Gasteiger partial charge in [-0.3, -0.25) is 4.79 Å². The summed E-state index contributed by atoms with van der Waals surface area (Å²) in [5, 5.41) is 2.76. The second kappa shape index (κ2) is 7.39. The summed E-state index contributed by atoms with van der Waals surface area (Å²) in [4.78, 5) is 36.3. The van der Waals surface area contributed by atoms with Crippen LogP contribution in [0.2, 0.25) is 0 Å². The highest BCUT2D eigenvalue weighted by molar-refractivity contribution is 6.04. The highest BCUT2D eigenvalue weighted by Gasteiger charge is 2.44. The summed E-state index contributed by atoms with van der Waals surface area (Å²) < 4.78 is 9.44. The fourth-order valence-electron chi connectivity index (χ4n) is 2.96. The molecule has 1 fully saturated rings. The van der Waals surface area contributed by atoms with Crippen molar-refractivity contribution in [3.8, 4) is 0 Å². The fourth-order valence-corrected chi connectivity index (χ4v) is 2.96. The van der Waals surface area contributed by atoms with Crippen LogP contribution in [-0.4, -0.2) is 32.1 Å². The number of amides is 1.